The number of nitrogens with zero attached hydrogens (tertiary/aromatic N) is 2. The Bertz CT molecular complexity index is 897. The van der Waals surface area contributed by atoms with Gasteiger partial charge in [-0.3, -0.25) is 9.69 Å². The summed E-state index contributed by atoms with van der Waals surface area (Å²) in [7, 11) is 0. The molecule has 5 heteroatoms. The van der Waals surface area contributed by atoms with Crippen LogP contribution in [-0.2, 0) is 22.5 Å². The molecule has 3 aliphatic rings. The molecule has 0 radical (unpaired) electrons. The van der Waals surface area contributed by atoms with Gasteiger partial charge in [-0.25, -0.2) is 9.69 Å². The second-order valence-electron chi connectivity index (χ2n) is 8.92. The number of carbonyl (C=O) groups is 2. The summed E-state index contributed by atoms with van der Waals surface area (Å²) in [5.74, 6) is 0.800. The van der Waals surface area contributed by atoms with E-state index in [2.05, 4.69) is 29.2 Å². The largest absolute Gasteiger partial charge is 0.447 e. The molecular weight excluding hydrogens is 376 g/mol. The van der Waals surface area contributed by atoms with Crippen LogP contribution in [0.5, 0.6) is 0 Å². The van der Waals surface area contributed by atoms with Crippen molar-refractivity contribution < 1.29 is 14.3 Å². The predicted molar refractivity (Wildman–Crippen MR) is 114 cm³/mol. The molecule has 1 saturated carbocycles. The third kappa shape index (κ3) is 3.99. The summed E-state index contributed by atoms with van der Waals surface area (Å²) >= 11 is 0. The van der Waals surface area contributed by atoms with Crippen LogP contribution in [0.25, 0.3) is 0 Å². The Balaban J connectivity index is 1.32. The molecule has 1 aliphatic carbocycles. The number of hydrogen-bond donors (Lipinski definition) is 0. The van der Waals surface area contributed by atoms with Gasteiger partial charge in [0.25, 0.3) is 0 Å². The Hall–Kier alpha value is -2.66. The van der Waals surface area contributed by atoms with E-state index in [-0.39, 0.29) is 24.5 Å². The lowest BCUT2D eigenvalue weighted by molar-refractivity contribution is -0.134. The number of ether oxygens (including phenoxy) is 1. The van der Waals surface area contributed by atoms with Crippen molar-refractivity contribution >= 4 is 12.0 Å². The molecule has 5 nitrogen and oxygen atoms in total. The number of imide groups is 1. The van der Waals surface area contributed by atoms with Crippen LogP contribution >= 0.6 is 0 Å². The number of likely N-dealkylation sites (tertiary alicyclic amines) is 1. The first kappa shape index (κ1) is 19.3. The van der Waals surface area contributed by atoms with Gasteiger partial charge in [-0.1, -0.05) is 60.7 Å². The van der Waals surface area contributed by atoms with E-state index >= 15 is 0 Å². The number of amides is 2. The Morgan fingerprint density at radius 2 is 1.60 bits per heavy atom. The van der Waals surface area contributed by atoms with E-state index < -0.39 is 6.09 Å². The van der Waals surface area contributed by atoms with E-state index in [9.17, 15) is 9.59 Å². The highest BCUT2D eigenvalue weighted by Crippen LogP contribution is 2.45. The van der Waals surface area contributed by atoms with E-state index in [0.717, 1.165) is 25.2 Å². The summed E-state index contributed by atoms with van der Waals surface area (Å²) in [4.78, 5) is 29.9. The van der Waals surface area contributed by atoms with Crippen LogP contribution < -0.4 is 0 Å². The fraction of sp³-hybridized carbons (Fsp3) is 0.440. The number of rotatable bonds is 6. The zero-order valence-corrected chi connectivity index (χ0v) is 17.2. The molecular formula is C25H28N2O3. The maximum absolute atomic E-state index is 13.6. The van der Waals surface area contributed by atoms with E-state index in [4.69, 9.17) is 4.74 Å². The molecule has 2 heterocycles. The van der Waals surface area contributed by atoms with Gasteiger partial charge >= 0.3 is 6.09 Å². The van der Waals surface area contributed by atoms with Gasteiger partial charge in [0.1, 0.15) is 6.61 Å². The smallest absolute Gasteiger partial charge is 0.416 e. The van der Waals surface area contributed by atoms with Gasteiger partial charge in [-0.2, -0.15) is 0 Å². The van der Waals surface area contributed by atoms with Gasteiger partial charge in [-0.15, -0.1) is 0 Å². The molecule has 0 spiro atoms. The molecule has 2 aliphatic heterocycles. The van der Waals surface area contributed by atoms with Crippen molar-refractivity contribution in [2.75, 3.05) is 19.7 Å². The summed E-state index contributed by atoms with van der Waals surface area (Å²) in [6.07, 6.45) is 2.57. The van der Waals surface area contributed by atoms with Crippen LogP contribution in [0.2, 0.25) is 0 Å². The second kappa shape index (κ2) is 8.23. The number of cyclic esters (lactones) is 1. The quantitative estimate of drug-likeness (QED) is 0.736. The van der Waals surface area contributed by atoms with Crippen molar-refractivity contribution in [1.82, 2.24) is 9.80 Å². The Labute approximate surface area is 177 Å². The average molecular weight is 405 g/mol. The van der Waals surface area contributed by atoms with Crippen molar-refractivity contribution in [3.63, 3.8) is 0 Å². The van der Waals surface area contributed by atoms with E-state index in [1.165, 1.54) is 23.3 Å². The molecule has 0 bridgehead atoms. The Morgan fingerprint density at radius 1 is 0.933 bits per heavy atom. The number of benzene rings is 2. The minimum absolute atomic E-state index is 0.0362. The van der Waals surface area contributed by atoms with Gasteiger partial charge in [0, 0.05) is 19.6 Å². The second-order valence-corrected chi connectivity index (χ2v) is 8.92. The summed E-state index contributed by atoms with van der Waals surface area (Å²) < 4.78 is 5.32. The molecule has 0 unspecified atom stereocenters. The van der Waals surface area contributed by atoms with Crippen LogP contribution in [0.4, 0.5) is 4.79 Å². The summed E-state index contributed by atoms with van der Waals surface area (Å²) in [5.41, 5.74) is 2.39. The van der Waals surface area contributed by atoms with Gasteiger partial charge in [0.05, 0.1) is 12.0 Å². The van der Waals surface area contributed by atoms with Crippen LogP contribution in [0.15, 0.2) is 60.7 Å². The van der Waals surface area contributed by atoms with E-state index in [1.807, 2.05) is 36.4 Å². The van der Waals surface area contributed by atoms with Crippen LogP contribution in [0.1, 0.15) is 24.0 Å². The highest BCUT2D eigenvalue weighted by Gasteiger charge is 2.50. The topological polar surface area (TPSA) is 49.9 Å². The van der Waals surface area contributed by atoms with Crippen LogP contribution in [0, 0.1) is 17.8 Å². The van der Waals surface area contributed by atoms with Crippen molar-refractivity contribution in [1.29, 1.82) is 0 Å². The Morgan fingerprint density at radius 3 is 2.27 bits per heavy atom. The normalized spacial score (nSPS) is 26.7. The van der Waals surface area contributed by atoms with Crippen molar-refractivity contribution in [2.24, 2.45) is 17.8 Å². The predicted octanol–water partition coefficient (Wildman–Crippen LogP) is 3.73. The fourth-order valence-corrected chi connectivity index (χ4v) is 5.09. The monoisotopic (exact) mass is 404 g/mol. The van der Waals surface area contributed by atoms with Crippen LogP contribution in [0.3, 0.4) is 0 Å². The van der Waals surface area contributed by atoms with E-state index in [0.29, 0.717) is 18.3 Å². The molecule has 30 heavy (non-hydrogen) atoms. The Kier molecular flexibility index (Phi) is 5.30. The van der Waals surface area contributed by atoms with Gasteiger partial charge in [0.2, 0.25) is 5.91 Å². The zero-order chi connectivity index (χ0) is 20.5. The molecule has 156 valence electrons. The molecule has 2 amide bonds. The third-order valence-electron chi connectivity index (χ3n) is 6.75. The SMILES string of the molecule is O=C1OC[C@H](Cc2ccccc2)N1C(=O)[C@H]1CN(Cc2ccccc2)C[C@H]1C1CC1. The minimum Gasteiger partial charge on any atom is -0.447 e. The molecule has 2 aromatic carbocycles. The fourth-order valence-electron chi connectivity index (χ4n) is 5.09. The highest BCUT2D eigenvalue weighted by atomic mass is 16.6. The molecule has 5 rings (SSSR count). The minimum atomic E-state index is -0.475. The van der Waals surface area contributed by atoms with Crippen molar-refractivity contribution in [3.8, 4) is 0 Å². The maximum Gasteiger partial charge on any atom is 0.416 e. The summed E-state index contributed by atoms with van der Waals surface area (Å²) in [5, 5.41) is 0. The lowest BCUT2D eigenvalue weighted by Crippen LogP contribution is -2.45. The number of carbonyl (C=O) groups excluding carboxylic acids is 2. The molecule has 0 aromatic heterocycles. The summed E-state index contributed by atoms with van der Waals surface area (Å²) in [6, 6.07) is 20.2. The lowest BCUT2D eigenvalue weighted by Gasteiger charge is -2.25. The molecule has 2 aromatic rings. The highest BCUT2D eigenvalue weighted by molar-refractivity contribution is 5.95. The van der Waals surface area contributed by atoms with Gasteiger partial charge < -0.3 is 4.74 Å². The van der Waals surface area contributed by atoms with Crippen molar-refractivity contribution in [3.05, 3.63) is 71.8 Å². The van der Waals surface area contributed by atoms with Crippen molar-refractivity contribution in [2.45, 2.75) is 31.8 Å². The maximum atomic E-state index is 13.6. The van der Waals surface area contributed by atoms with E-state index in [1.54, 1.807) is 0 Å². The molecule has 2 saturated heterocycles. The molecule has 3 fully saturated rings. The first-order valence-corrected chi connectivity index (χ1v) is 11.0. The first-order valence-electron chi connectivity index (χ1n) is 11.0. The average Bonchev–Trinajstić information content (AvgIpc) is 3.43. The standard InChI is InChI=1S/C25H28N2O3/c28-24(27-21(17-30-25(27)29)13-18-7-3-1-4-8-18)23-16-26(15-22(23)20-11-12-20)14-19-9-5-2-6-10-19/h1-10,20-23H,11-17H2/t21-,22-,23-/m0/s1. The summed E-state index contributed by atoms with van der Waals surface area (Å²) in [6.45, 7) is 2.79. The number of hydrogen-bond acceptors (Lipinski definition) is 4. The van der Waals surface area contributed by atoms with Gasteiger partial charge in [0.15, 0.2) is 0 Å². The lowest BCUT2D eigenvalue weighted by atomic mass is 9.90. The zero-order valence-electron chi connectivity index (χ0n) is 17.2. The molecule has 0 N–H and O–H groups in total. The van der Waals surface area contributed by atoms with Crippen LogP contribution in [-0.4, -0.2) is 47.5 Å². The van der Waals surface area contributed by atoms with Gasteiger partial charge in [-0.05, 0) is 42.2 Å². The first-order chi connectivity index (χ1) is 14.7. The third-order valence-corrected chi connectivity index (χ3v) is 6.75. The molecule has 3 atom stereocenters.